The number of aromatic nitrogens is 4. The van der Waals surface area contributed by atoms with E-state index in [4.69, 9.17) is 0 Å². The van der Waals surface area contributed by atoms with Crippen molar-refractivity contribution in [1.29, 1.82) is 0 Å². The summed E-state index contributed by atoms with van der Waals surface area (Å²) >= 11 is 1.75. The number of hydrogen-bond acceptors (Lipinski definition) is 5. The normalized spacial score (nSPS) is 20.2. The van der Waals surface area contributed by atoms with E-state index in [1.165, 1.54) is 32.2 Å². The van der Waals surface area contributed by atoms with Crippen LogP contribution in [0.25, 0.3) is 5.78 Å². The van der Waals surface area contributed by atoms with Crippen LogP contribution in [0.15, 0.2) is 11.2 Å². The molecule has 1 fully saturated rings. The highest BCUT2D eigenvalue weighted by molar-refractivity contribution is 7.99. The fourth-order valence-corrected chi connectivity index (χ4v) is 3.86. The predicted octanol–water partition coefficient (Wildman–Crippen LogP) is 2.71. The lowest BCUT2D eigenvalue weighted by Crippen LogP contribution is -2.36. The molecule has 2 aromatic heterocycles. The minimum atomic E-state index is 0.713. The van der Waals surface area contributed by atoms with Crippen molar-refractivity contribution in [2.45, 2.75) is 50.7 Å². The van der Waals surface area contributed by atoms with Crippen LogP contribution in [-0.4, -0.2) is 49.9 Å². The molecule has 0 aromatic carbocycles. The highest BCUT2D eigenvalue weighted by atomic mass is 32.2. The molecule has 3 rings (SSSR count). The molecule has 1 aliphatic heterocycles. The van der Waals surface area contributed by atoms with Crippen molar-refractivity contribution in [3.8, 4) is 0 Å². The summed E-state index contributed by atoms with van der Waals surface area (Å²) in [6.07, 6.45) is 5.25. The van der Waals surface area contributed by atoms with Gasteiger partial charge >= 0.3 is 0 Å². The molecule has 1 atom stereocenters. The zero-order valence-electron chi connectivity index (χ0n) is 13.0. The molecule has 0 saturated carbocycles. The SMILES string of the molecule is Cc1cc(C)n2nc(SCCC3CCCCN3C)nc2n1. The van der Waals surface area contributed by atoms with Crippen LogP contribution in [0.4, 0.5) is 0 Å². The van der Waals surface area contributed by atoms with Crippen LogP contribution in [0.5, 0.6) is 0 Å². The van der Waals surface area contributed by atoms with Gasteiger partial charge in [0.25, 0.3) is 5.78 Å². The Balaban J connectivity index is 1.61. The lowest BCUT2D eigenvalue weighted by Gasteiger charge is -2.32. The van der Waals surface area contributed by atoms with Gasteiger partial charge in [-0.3, -0.25) is 0 Å². The van der Waals surface area contributed by atoms with Crippen LogP contribution < -0.4 is 0 Å². The van der Waals surface area contributed by atoms with Gasteiger partial charge in [0.1, 0.15) is 0 Å². The average molecular weight is 305 g/mol. The topological polar surface area (TPSA) is 46.3 Å². The van der Waals surface area contributed by atoms with Crippen molar-refractivity contribution < 1.29 is 0 Å². The number of likely N-dealkylation sites (tertiary alicyclic amines) is 1. The maximum atomic E-state index is 4.55. The van der Waals surface area contributed by atoms with Crippen LogP contribution >= 0.6 is 11.8 Å². The van der Waals surface area contributed by atoms with Gasteiger partial charge in [0, 0.05) is 23.2 Å². The summed E-state index contributed by atoms with van der Waals surface area (Å²) in [4.78, 5) is 11.5. The van der Waals surface area contributed by atoms with Gasteiger partial charge in [0.05, 0.1) is 0 Å². The summed E-state index contributed by atoms with van der Waals surface area (Å²) in [6, 6.07) is 2.76. The molecule has 1 saturated heterocycles. The summed E-state index contributed by atoms with van der Waals surface area (Å²) in [7, 11) is 2.24. The lowest BCUT2D eigenvalue weighted by atomic mass is 10.0. The first kappa shape index (κ1) is 14.8. The Bertz CT molecular complexity index is 624. The van der Waals surface area contributed by atoms with Crippen molar-refractivity contribution in [2.75, 3.05) is 19.3 Å². The van der Waals surface area contributed by atoms with E-state index in [9.17, 15) is 0 Å². The number of thioether (sulfide) groups is 1. The van der Waals surface area contributed by atoms with E-state index >= 15 is 0 Å². The van der Waals surface area contributed by atoms with Crippen LogP contribution in [-0.2, 0) is 0 Å². The second-order valence-corrected chi connectivity index (χ2v) is 6.97. The van der Waals surface area contributed by atoms with E-state index in [-0.39, 0.29) is 0 Å². The summed E-state index contributed by atoms with van der Waals surface area (Å²) < 4.78 is 1.84. The van der Waals surface area contributed by atoms with Crippen molar-refractivity contribution >= 4 is 17.5 Å². The quantitative estimate of drug-likeness (QED) is 0.813. The summed E-state index contributed by atoms with van der Waals surface area (Å²) in [5.41, 5.74) is 2.08. The average Bonchev–Trinajstić information content (AvgIpc) is 2.84. The van der Waals surface area contributed by atoms with E-state index < -0.39 is 0 Å². The van der Waals surface area contributed by atoms with E-state index in [0.29, 0.717) is 5.78 Å². The Hall–Kier alpha value is -1.14. The van der Waals surface area contributed by atoms with Gasteiger partial charge in [0.2, 0.25) is 5.16 Å². The van der Waals surface area contributed by atoms with Crippen LogP contribution in [0.3, 0.4) is 0 Å². The van der Waals surface area contributed by atoms with Gasteiger partial charge in [-0.25, -0.2) is 9.50 Å². The Morgan fingerprint density at radius 2 is 2.14 bits per heavy atom. The molecular formula is C15H23N5S. The molecule has 1 aliphatic rings. The Morgan fingerprint density at radius 3 is 2.95 bits per heavy atom. The Labute approximate surface area is 130 Å². The lowest BCUT2D eigenvalue weighted by molar-refractivity contribution is 0.182. The highest BCUT2D eigenvalue weighted by Crippen LogP contribution is 2.22. The third-order valence-corrected chi connectivity index (χ3v) is 5.07. The highest BCUT2D eigenvalue weighted by Gasteiger charge is 2.18. The second kappa shape index (κ2) is 6.32. The summed E-state index contributed by atoms with van der Waals surface area (Å²) in [5.74, 6) is 1.79. The van der Waals surface area contributed by atoms with Crippen LogP contribution in [0.1, 0.15) is 37.1 Å². The number of piperidine rings is 1. The molecule has 0 amide bonds. The van der Waals surface area contributed by atoms with Gasteiger partial charge in [0.15, 0.2) is 0 Å². The van der Waals surface area contributed by atoms with Crippen molar-refractivity contribution in [3.05, 3.63) is 17.5 Å². The van der Waals surface area contributed by atoms with Gasteiger partial charge in [-0.15, -0.1) is 5.10 Å². The molecule has 0 spiro atoms. The van der Waals surface area contributed by atoms with Gasteiger partial charge in [-0.2, -0.15) is 4.98 Å². The molecule has 21 heavy (non-hydrogen) atoms. The van der Waals surface area contributed by atoms with Crippen LogP contribution in [0.2, 0.25) is 0 Å². The molecule has 3 heterocycles. The molecule has 1 unspecified atom stereocenters. The van der Waals surface area contributed by atoms with E-state index in [1.807, 2.05) is 24.4 Å². The third-order valence-electron chi connectivity index (χ3n) is 4.20. The molecule has 114 valence electrons. The molecule has 0 N–H and O–H groups in total. The van der Waals surface area contributed by atoms with Crippen LogP contribution in [0, 0.1) is 13.8 Å². The Morgan fingerprint density at radius 1 is 1.29 bits per heavy atom. The molecule has 0 aliphatic carbocycles. The van der Waals surface area contributed by atoms with Crippen molar-refractivity contribution in [1.82, 2.24) is 24.5 Å². The minimum Gasteiger partial charge on any atom is -0.303 e. The minimum absolute atomic E-state index is 0.713. The molecular weight excluding hydrogens is 282 g/mol. The number of aryl methyl sites for hydroxylation is 2. The summed E-state index contributed by atoms with van der Waals surface area (Å²) in [5, 5.41) is 5.39. The first-order chi connectivity index (χ1) is 10.1. The first-order valence-corrected chi connectivity index (χ1v) is 8.66. The monoisotopic (exact) mass is 305 g/mol. The largest absolute Gasteiger partial charge is 0.303 e. The molecule has 5 nitrogen and oxygen atoms in total. The van der Waals surface area contributed by atoms with E-state index in [1.54, 1.807) is 11.8 Å². The number of hydrogen-bond donors (Lipinski definition) is 0. The number of nitrogens with zero attached hydrogens (tertiary/aromatic N) is 5. The fourth-order valence-electron chi connectivity index (χ4n) is 3.00. The maximum absolute atomic E-state index is 4.55. The van der Waals surface area contributed by atoms with Gasteiger partial charge in [-0.1, -0.05) is 18.2 Å². The number of fused-ring (bicyclic) bond motifs is 1. The summed E-state index contributed by atoms with van der Waals surface area (Å²) in [6.45, 7) is 5.28. The number of rotatable bonds is 4. The maximum Gasteiger partial charge on any atom is 0.253 e. The standard InChI is InChI=1S/C15H23N5S/c1-11-10-12(2)20-14(16-11)17-15(18-20)21-9-7-13-6-4-5-8-19(13)3/h10,13H,4-9H2,1-3H3. The zero-order valence-corrected chi connectivity index (χ0v) is 13.9. The molecule has 0 bridgehead atoms. The fraction of sp³-hybridized carbons (Fsp3) is 0.667. The van der Waals surface area contributed by atoms with E-state index in [2.05, 4.69) is 27.0 Å². The van der Waals surface area contributed by atoms with Gasteiger partial charge in [-0.05, 0) is 52.8 Å². The molecule has 0 radical (unpaired) electrons. The van der Waals surface area contributed by atoms with Crippen molar-refractivity contribution in [3.63, 3.8) is 0 Å². The second-order valence-electron chi connectivity index (χ2n) is 5.91. The Kier molecular flexibility index (Phi) is 4.45. The smallest absolute Gasteiger partial charge is 0.253 e. The molecule has 6 heteroatoms. The third kappa shape index (κ3) is 3.37. The predicted molar refractivity (Wildman–Crippen MR) is 85.9 cm³/mol. The van der Waals surface area contributed by atoms with Crippen molar-refractivity contribution in [2.24, 2.45) is 0 Å². The van der Waals surface area contributed by atoms with E-state index in [0.717, 1.165) is 28.3 Å². The molecule has 2 aromatic rings. The first-order valence-electron chi connectivity index (χ1n) is 7.67. The van der Waals surface area contributed by atoms with Gasteiger partial charge < -0.3 is 4.90 Å². The zero-order chi connectivity index (χ0) is 14.8.